The van der Waals surface area contributed by atoms with Crippen molar-refractivity contribution in [1.29, 1.82) is 5.53 Å². The van der Waals surface area contributed by atoms with E-state index in [9.17, 15) is 17.6 Å². The number of benzene rings is 1. The number of para-hydroxylation sites is 1. The Morgan fingerprint density at radius 1 is 1.21 bits per heavy atom. The number of nitrogens with zero attached hydrogens (tertiary/aromatic N) is 6. The van der Waals surface area contributed by atoms with Gasteiger partial charge in [0.15, 0.2) is 5.82 Å². The lowest BCUT2D eigenvalue weighted by Crippen LogP contribution is -2.10. The first-order valence-electron chi connectivity index (χ1n) is 9.81. The molecule has 34 heavy (non-hydrogen) atoms. The molecule has 174 valence electrons. The van der Waals surface area contributed by atoms with Gasteiger partial charge in [-0.25, -0.2) is 29.4 Å². The third-order valence-electron chi connectivity index (χ3n) is 5.09. The maximum absolute atomic E-state index is 13.9. The highest BCUT2D eigenvalue weighted by atomic mass is 19.4. The van der Waals surface area contributed by atoms with Crippen LogP contribution in [-0.4, -0.2) is 24.6 Å². The van der Waals surface area contributed by atoms with Gasteiger partial charge in [0.05, 0.1) is 17.1 Å². The molecule has 0 saturated heterocycles. The average molecular weight is 471 g/mol. The third kappa shape index (κ3) is 4.27. The van der Waals surface area contributed by atoms with E-state index in [1.165, 1.54) is 29.2 Å². The van der Waals surface area contributed by atoms with E-state index in [-0.39, 0.29) is 22.8 Å². The number of fused-ring (bicyclic) bond motifs is 1. The molecule has 4 rings (SSSR count). The molecular formula is C21H17F4N9. The van der Waals surface area contributed by atoms with Gasteiger partial charge in [-0.2, -0.15) is 23.4 Å². The molecule has 0 saturated carbocycles. The van der Waals surface area contributed by atoms with Gasteiger partial charge >= 0.3 is 6.18 Å². The highest BCUT2D eigenvalue weighted by Crippen LogP contribution is 2.36. The van der Waals surface area contributed by atoms with E-state index in [0.29, 0.717) is 16.8 Å². The van der Waals surface area contributed by atoms with Crippen molar-refractivity contribution in [1.82, 2.24) is 24.6 Å². The number of allylic oxidation sites excluding steroid dienone is 1. The highest BCUT2D eigenvalue weighted by Gasteiger charge is 2.34. The zero-order valence-corrected chi connectivity index (χ0v) is 17.5. The Labute approximate surface area is 189 Å². The summed E-state index contributed by atoms with van der Waals surface area (Å²) in [5.41, 5.74) is 15.6. The van der Waals surface area contributed by atoms with Crippen LogP contribution in [-0.2, 0) is 6.18 Å². The number of nitrogens with two attached hydrogens (primary N) is 1. The molecule has 0 aliphatic carbocycles. The third-order valence-corrected chi connectivity index (χ3v) is 5.09. The van der Waals surface area contributed by atoms with Crippen LogP contribution in [0.15, 0.2) is 66.1 Å². The van der Waals surface area contributed by atoms with Gasteiger partial charge in [0, 0.05) is 35.6 Å². The van der Waals surface area contributed by atoms with Crippen molar-refractivity contribution >= 4 is 17.0 Å². The van der Waals surface area contributed by atoms with Crippen molar-refractivity contribution in [2.75, 3.05) is 11.1 Å². The molecular weight excluding hydrogens is 454 g/mol. The van der Waals surface area contributed by atoms with E-state index in [1.807, 2.05) is 0 Å². The lowest BCUT2D eigenvalue weighted by Gasteiger charge is -2.12. The molecule has 0 radical (unpaired) electrons. The summed E-state index contributed by atoms with van der Waals surface area (Å²) in [6.45, 7) is 1.74. The molecule has 4 aromatic rings. The zero-order valence-electron chi connectivity index (χ0n) is 17.5. The molecule has 4 N–H and O–H groups in total. The number of halogens is 4. The van der Waals surface area contributed by atoms with E-state index in [4.69, 9.17) is 11.3 Å². The maximum atomic E-state index is 13.9. The Balaban J connectivity index is 1.77. The molecule has 0 fully saturated rings. The summed E-state index contributed by atoms with van der Waals surface area (Å²) >= 11 is 0. The summed E-state index contributed by atoms with van der Waals surface area (Å²) in [4.78, 5) is 10.8. The molecule has 0 aliphatic rings. The molecule has 1 unspecified atom stereocenters. The quantitative estimate of drug-likeness (QED) is 0.268. The van der Waals surface area contributed by atoms with Gasteiger partial charge in [0.2, 0.25) is 5.82 Å². The average Bonchev–Trinajstić information content (AvgIpc) is 3.21. The number of anilines is 2. The SMILES string of the molecule is CC(/C(=C/Nc1ccccc1F)N=N)c1cc(-c2cnc(C(F)(F)F)nc2)c2c(N)ncnn12. The standard InChI is InChI=1S/C21H17F4N9/c1-11(16(33-27)9-28-15-5-3-2-4-14(15)22)17-6-13(18-19(26)31-10-32-34(17)18)12-7-29-20(30-8-12)21(23,24)25/h2-11,27-28H,1H3,(H2,26,31,32)/b16-9-,33-27?. The molecule has 0 aliphatic heterocycles. The normalized spacial score (nSPS) is 13.1. The topological polar surface area (TPSA) is 130 Å². The van der Waals surface area contributed by atoms with Crippen molar-refractivity contribution < 1.29 is 17.6 Å². The van der Waals surface area contributed by atoms with Gasteiger partial charge in [-0.15, -0.1) is 0 Å². The van der Waals surface area contributed by atoms with E-state index in [0.717, 1.165) is 12.4 Å². The molecule has 0 spiro atoms. The summed E-state index contributed by atoms with van der Waals surface area (Å²) in [5, 5.41) is 10.5. The van der Waals surface area contributed by atoms with Crippen LogP contribution in [0.25, 0.3) is 16.6 Å². The van der Waals surface area contributed by atoms with Crippen molar-refractivity contribution in [3.63, 3.8) is 0 Å². The summed E-state index contributed by atoms with van der Waals surface area (Å²) in [5.74, 6) is -2.21. The van der Waals surface area contributed by atoms with Crippen LogP contribution in [0.1, 0.15) is 24.4 Å². The zero-order chi connectivity index (χ0) is 24.5. The Morgan fingerprint density at radius 3 is 2.56 bits per heavy atom. The molecule has 1 aromatic carbocycles. The summed E-state index contributed by atoms with van der Waals surface area (Å²) in [6, 6.07) is 7.65. The van der Waals surface area contributed by atoms with Gasteiger partial charge in [-0.05, 0) is 18.2 Å². The second-order valence-electron chi connectivity index (χ2n) is 7.21. The number of nitrogens with one attached hydrogen (secondary N) is 2. The Hall–Kier alpha value is -4.42. The van der Waals surface area contributed by atoms with Crippen LogP contribution in [0.5, 0.6) is 0 Å². The fourth-order valence-electron chi connectivity index (χ4n) is 3.37. The second-order valence-corrected chi connectivity index (χ2v) is 7.21. The van der Waals surface area contributed by atoms with Crippen molar-refractivity contribution in [2.24, 2.45) is 5.11 Å². The van der Waals surface area contributed by atoms with Crippen molar-refractivity contribution in [3.05, 3.63) is 78.3 Å². The van der Waals surface area contributed by atoms with Gasteiger partial charge in [-0.3, -0.25) is 0 Å². The van der Waals surface area contributed by atoms with E-state index < -0.39 is 23.7 Å². The van der Waals surface area contributed by atoms with Crippen LogP contribution in [0.3, 0.4) is 0 Å². The van der Waals surface area contributed by atoms with Gasteiger partial charge < -0.3 is 11.1 Å². The minimum Gasteiger partial charge on any atom is -0.382 e. The smallest absolute Gasteiger partial charge is 0.382 e. The lowest BCUT2D eigenvalue weighted by atomic mass is 10.0. The maximum Gasteiger partial charge on any atom is 0.451 e. The van der Waals surface area contributed by atoms with Gasteiger partial charge in [-0.1, -0.05) is 19.1 Å². The number of rotatable bonds is 6. The van der Waals surface area contributed by atoms with E-state index >= 15 is 0 Å². The molecule has 0 bridgehead atoms. The number of hydrogen-bond acceptors (Lipinski definition) is 8. The number of hydrogen-bond donors (Lipinski definition) is 3. The van der Waals surface area contributed by atoms with Gasteiger partial charge in [0.25, 0.3) is 0 Å². The minimum atomic E-state index is -4.68. The van der Waals surface area contributed by atoms with Gasteiger partial charge in [0.1, 0.15) is 17.7 Å². The monoisotopic (exact) mass is 471 g/mol. The predicted octanol–water partition coefficient (Wildman–Crippen LogP) is 5.01. The first-order valence-corrected chi connectivity index (χ1v) is 9.81. The minimum absolute atomic E-state index is 0.0844. The Morgan fingerprint density at radius 2 is 1.91 bits per heavy atom. The molecule has 13 heteroatoms. The molecule has 1 atom stereocenters. The van der Waals surface area contributed by atoms with Crippen LogP contribution in [0, 0.1) is 11.3 Å². The summed E-state index contributed by atoms with van der Waals surface area (Å²) in [6.07, 6.45) is 0.0177. The molecule has 9 nitrogen and oxygen atoms in total. The predicted molar refractivity (Wildman–Crippen MR) is 115 cm³/mol. The summed E-state index contributed by atoms with van der Waals surface area (Å²) < 4.78 is 54.0. The molecule has 3 aromatic heterocycles. The van der Waals surface area contributed by atoms with Crippen LogP contribution in [0.4, 0.5) is 29.1 Å². The fraction of sp³-hybridized carbons (Fsp3) is 0.143. The fourth-order valence-corrected chi connectivity index (χ4v) is 3.37. The largest absolute Gasteiger partial charge is 0.451 e. The number of alkyl halides is 3. The van der Waals surface area contributed by atoms with E-state index in [1.54, 1.807) is 25.1 Å². The first kappa shape index (κ1) is 22.8. The van der Waals surface area contributed by atoms with Crippen LogP contribution >= 0.6 is 0 Å². The number of aromatic nitrogens is 5. The number of nitrogen functional groups attached to an aromatic ring is 1. The van der Waals surface area contributed by atoms with Crippen LogP contribution < -0.4 is 11.1 Å². The Kier molecular flexibility index (Phi) is 5.92. The van der Waals surface area contributed by atoms with Crippen molar-refractivity contribution in [2.45, 2.75) is 19.0 Å². The molecule has 3 heterocycles. The second kappa shape index (κ2) is 8.84. The molecule has 0 amide bonds. The lowest BCUT2D eigenvalue weighted by molar-refractivity contribution is -0.144. The first-order chi connectivity index (χ1) is 16.2. The highest BCUT2D eigenvalue weighted by molar-refractivity contribution is 5.88. The van der Waals surface area contributed by atoms with E-state index in [2.05, 4.69) is 30.5 Å². The van der Waals surface area contributed by atoms with Crippen LogP contribution in [0.2, 0.25) is 0 Å². The van der Waals surface area contributed by atoms with Crippen molar-refractivity contribution in [3.8, 4) is 11.1 Å². The Bertz CT molecular complexity index is 1380. The summed E-state index contributed by atoms with van der Waals surface area (Å²) in [7, 11) is 0.